The zero-order chi connectivity index (χ0) is 30.4. The maximum Gasteiger partial charge on any atom is 0.326 e. The molecule has 222 valence electrons. The van der Waals surface area contributed by atoms with E-state index >= 15 is 0 Å². The molecule has 0 radical (unpaired) electrons. The number of anilines is 2. The number of carbonyl (C=O) groups is 1. The molecule has 12 nitrogen and oxygen atoms in total. The SMILES string of the molecule is CCCn1cnc(OC)c(-c2ccc(C[C@H](Nc3nc(N(CC)CC)ncc3-c3c(C)noc3C)C(=O)O)cc2)c1=O. The van der Waals surface area contributed by atoms with Crippen molar-refractivity contribution in [3.05, 3.63) is 64.2 Å². The molecular weight excluding hydrogens is 538 g/mol. The molecule has 12 heteroatoms. The Morgan fingerprint density at radius 2 is 1.83 bits per heavy atom. The topological polar surface area (TPSA) is 148 Å². The Hall–Kier alpha value is -4.74. The number of carboxylic acids is 1. The minimum atomic E-state index is -1.04. The van der Waals surface area contributed by atoms with Crippen LogP contribution in [0, 0.1) is 13.8 Å². The molecule has 0 aliphatic rings. The number of aryl methyl sites for hydroxylation is 3. The maximum absolute atomic E-state index is 13.1. The maximum atomic E-state index is 13.1. The molecule has 1 aromatic carbocycles. The Morgan fingerprint density at radius 3 is 2.40 bits per heavy atom. The third kappa shape index (κ3) is 6.27. The predicted molar refractivity (Wildman–Crippen MR) is 160 cm³/mol. The van der Waals surface area contributed by atoms with E-state index in [9.17, 15) is 14.7 Å². The van der Waals surface area contributed by atoms with Gasteiger partial charge in [-0.2, -0.15) is 4.98 Å². The van der Waals surface area contributed by atoms with Crippen molar-refractivity contribution in [1.82, 2.24) is 24.7 Å². The van der Waals surface area contributed by atoms with Crippen LogP contribution in [-0.4, -0.2) is 62.0 Å². The first kappa shape index (κ1) is 30.2. The molecule has 3 aromatic heterocycles. The molecule has 2 N–H and O–H groups in total. The number of carboxylic acid groups (broad SMARTS) is 1. The van der Waals surface area contributed by atoms with Crippen molar-refractivity contribution in [1.29, 1.82) is 0 Å². The van der Waals surface area contributed by atoms with Gasteiger partial charge in [0.2, 0.25) is 11.8 Å². The van der Waals surface area contributed by atoms with Crippen LogP contribution in [0.3, 0.4) is 0 Å². The summed E-state index contributed by atoms with van der Waals surface area (Å²) in [6, 6.07) is 6.16. The number of nitrogens with zero attached hydrogens (tertiary/aromatic N) is 6. The second kappa shape index (κ2) is 13.3. The molecule has 1 atom stereocenters. The van der Waals surface area contributed by atoms with Gasteiger partial charge in [0, 0.05) is 37.8 Å². The van der Waals surface area contributed by atoms with Crippen LogP contribution < -0.4 is 20.5 Å². The molecule has 0 saturated carbocycles. The number of hydrogen-bond acceptors (Lipinski definition) is 10. The minimum absolute atomic E-state index is 0.158. The van der Waals surface area contributed by atoms with E-state index in [4.69, 9.17) is 14.2 Å². The van der Waals surface area contributed by atoms with Crippen LogP contribution in [-0.2, 0) is 17.8 Å². The molecule has 0 aliphatic heterocycles. The standard InChI is InChI=1S/C30H37N7O5/c1-7-14-37-17-32-27(41-6)25(28(37)38)21-12-10-20(11-13-21)15-23(29(39)40)33-26-22(24-18(4)35-42-19(24)5)16-31-30(34-26)36(8-2)9-3/h10-13,16-17,23H,7-9,14-15H2,1-6H3,(H,39,40)(H,31,33,34)/t23-/m0/s1. The lowest BCUT2D eigenvalue weighted by molar-refractivity contribution is -0.137. The summed E-state index contributed by atoms with van der Waals surface area (Å²) in [6.45, 7) is 11.5. The second-order valence-corrected chi connectivity index (χ2v) is 9.87. The van der Waals surface area contributed by atoms with Gasteiger partial charge in [0.15, 0.2) is 0 Å². The summed E-state index contributed by atoms with van der Waals surface area (Å²) in [7, 11) is 1.47. The van der Waals surface area contributed by atoms with Gasteiger partial charge >= 0.3 is 5.97 Å². The second-order valence-electron chi connectivity index (χ2n) is 9.87. The largest absolute Gasteiger partial charge is 0.480 e. The van der Waals surface area contributed by atoms with E-state index in [1.165, 1.54) is 13.4 Å². The van der Waals surface area contributed by atoms with Gasteiger partial charge < -0.3 is 24.6 Å². The minimum Gasteiger partial charge on any atom is -0.480 e. The van der Waals surface area contributed by atoms with Gasteiger partial charge in [0.1, 0.15) is 29.5 Å². The third-order valence-corrected chi connectivity index (χ3v) is 7.08. The molecule has 0 unspecified atom stereocenters. The fourth-order valence-electron chi connectivity index (χ4n) is 4.88. The molecular formula is C30H37N7O5. The van der Waals surface area contributed by atoms with Crippen molar-refractivity contribution in [2.24, 2.45) is 0 Å². The number of nitrogens with one attached hydrogen (secondary N) is 1. The zero-order valence-corrected chi connectivity index (χ0v) is 24.8. The Labute approximate surface area is 244 Å². The Morgan fingerprint density at radius 1 is 1.12 bits per heavy atom. The van der Waals surface area contributed by atoms with Crippen LogP contribution >= 0.6 is 0 Å². The number of methoxy groups -OCH3 is 1. The lowest BCUT2D eigenvalue weighted by Gasteiger charge is -2.22. The first-order valence-corrected chi connectivity index (χ1v) is 14.0. The third-order valence-electron chi connectivity index (χ3n) is 7.08. The van der Waals surface area contributed by atoms with E-state index in [-0.39, 0.29) is 17.9 Å². The summed E-state index contributed by atoms with van der Waals surface area (Å²) >= 11 is 0. The van der Waals surface area contributed by atoms with Gasteiger partial charge in [-0.3, -0.25) is 9.36 Å². The van der Waals surface area contributed by atoms with Gasteiger partial charge in [-0.25, -0.2) is 14.8 Å². The van der Waals surface area contributed by atoms with Crippen molar-refractivity contribution in [3.63, 3.8) is 0 Å². The predicted octanol–water partition coefficient (Wildman–Crippen LogP) is 4.34. The molecule has 4 rings (SSSR count). The average Bonchev–Trinajstić information content (AvgIpc) is 3.32. The fourth-order valence-corrected chi connectivity index (χ4v) is 4.88. The molecule has 0 aliphatic carbocycles. The fraction of sp³-hybridized carbons (Fsp3) is 0.400. The lowest BCUT2D eigenvalue weighted by atomic mass is 10.0. The molecule has 3 heterocycles. The highest BCUT2D eigenvalue weighted by atomic mass is 16.5. The van der Waals surface area contributed by atoms with Gasteiger partial charge in [0.25, 0.3) is 5.56 Å². The van der Waals surface area contributed by atoms with Gasteiger partial charge in [-0.15, -0.1) is 0 Å². The molecule has 0 spiro atoms. The van der Waals surface area contributed by atoms with Crippen LogP contribution in [0.4, 0.5) is 11.8 Å². The highest BCUT2D eigenvalue weighted by Gasteiger charge is 2.25. The van der Waals surface area contributed by atoms with E-state index in [1.807, 2.05) is 32.6 Å². The van der Waals surface area contributed by atoms with Crippen LogP contribution in [0.2, 0.25) is 0 Å². The molecule has 0 amide bonds. The normalized spacial score (nSPS) is 11.8. The molecule has 42 heavy (non-hydrogen) atoms. The van der Waals surface area contributed by atoms with E-state index in [2.05, 4.69) is 20.4 Å². The van der Waals surface area contributed by atoms with E-state index in [0.717, 1.165) is 17.5 Å². The number of hydrogen-bond donors (Lipinski definition) is 2. The van der Waals surface area contributed by atoms with Gasteiger partial charge in [-0.1, -0.05) is 36.3 Å². The Bertz CT molecular complexity index is 1570. The van der Waals surface area contributed by atoms with Crippen molar-refractivity contribution < 1.29 is 19.2 Å². The van der Waals surface area contributed by atoms with Crippen molar-refractivity contribution in [2.75, 3.05) is 30.4 Å². The zero-order valence-electron chi connectivity index (χ0n) is 24.8. The van der Waals surface area contributed by atoms with Crippen LogP contribution in [0.1, 0.15) is 44.2 Å². The summed E-state index contributed by atoms with van der Waals surface area (Å²) in [4.78, 5) is 41.2. The average molecular weight is 576 g/mol. The van der Waals surface area contributed by atoms with Crippen molar-refractivity contribution in [2.45, 2.75) is 60.0 Å². The van der Waals surface area contributed by atoms with Crippen molar-refractivity contribution in [3.8, 4) is 28.1 Å². The smallest absolute Gasteiger partial charge is 0.326 e. The quantitative estimate of drug-likeness (QED) is 0.234. The summed E-state index contributed by atoms with van der Waals surface area (Å²) in [5.41, 5.74) is 3.54. The summed E-state index contributed by atoms with van der Waals surface area (Å²) in [6.07, 6.45) is 4.11. The first-order valence-electron chi connectivity index (χ1n) is 14.0. The van der Waals surface area contributed by atoms with Crippen molar-refractivity contribution >= 4 is 17.7 Å². The number of rotatable bonds is 13. The lowest BCUT2D eigenvalue weighted by Crippen LogP contribution is -2.33. The monoisotopic (exact) mass is 575 g/mol. The number of benzene rings is 1. The number of aromatic nitrogens is 5. The highest BCUT2D eigenvalue weighted by Crippen LogP contribution is 2.33. The highest BCUT2D eigenvalue weighted by molar-refractivity contribution is 5.83. The molecule has 0 fully saturated rings. The first-order chi connectivity index (χ1) is 20.2. The van der Waals surface area contributed by atoms with Gasteiger partial charge in [-0.05, 0) is 45.2 Å². The Balaban J connectivity index is 1.67. The molecule has 0 saturated heterocycles. The number of aliphatic carboxylic acids is 1. The van der Waals surface area contributed by atoms with E-state index < -0.39 is 12.0 Å². The summed E-state index contributed by atoms with van der Waals surface area (Å²) < 4.78 is 12.3. The van der Waals surface area contributed by atoms with Crippen LogP contribution in [0.15, 0.2) is 46.1 Å². The molecule has 4 aromatic rings. The van der Waals surface area contributed by atoms with E-state index in [1.54, 1.807) is 42.0 Å². The molecule has 0 bridgehead atoms. The summed E-state index contributed by atoms with van der Waals surface area (Å²) in [5, 5.41) is 17.4. The van der Waals surface area contributed by atoms with Crippen LogP contribution in [0.5, 0.6) is 5.88 Å². The van der Waals surface area contributed by atoms with Gasteiger partial charge in [0.05, 0.1) is 18.4 Å². The summed E-state index contributed by atoms with van der Waals surface area (Å²) in [5.74, 6) is 0.654. The Kier molecular flexibility index (Phi) is 9.56. The van der Waals surface area contributed by atoms with Crippen LogP contribution in [0.25, 0.3) is 22.3 Å². The number of ether oxygens (including phenoxy) is 1. The van der Waals surface area contributed by atoms with E-state index in [0.29, 0.717) is 59.5 Å².